The highest BCUT2D eigenvalue weighted by molar-refractivity contribution is 5.73. The van der Waals surface area contributed by atoms with Gasteiger partial charge in [0.2, 0.25) is 5.91 Å². The van der Waals surface area contributed by atoms with E-state index in [1.807, 2.05) is 0 Å². The molecule has 2 aromatic rings. The summed E-state index contributed by atoms with van der Waals surface area (Å²) in [4.78, 5) is 11.4. The number of hydrogen-bond donors (Lipinski definition) is 2. The Kier molecular flexibility index (Phi) is 8.26. The Labute approximate surface area is 213 Å². The fourth-order valence-corrected chi connectivity index (χ4v) is 6.10. The summed E-state index contributed by atoms with van der Waals surface area (Å²) in [6.45, 7) is 8.08. The third kappa shape index (κ3) is 5.40. The Hall–Kier alpha value is -2.57. The van der Waals surface area contributed by atoms with Crippen molar-refractivity contribution in [2.45, 2.75) is 64.4 Å². The molecule has 3 unspecified atom stereocenters. The highest BCUT2D eigenvalue weighted by atomic mass is 19.2. The normalized spacial score (nSPS) is 24.6. The topological polar surface area (TPSA) is 50.4 Å². The lowest BCUT2D eigenvalue weighted by Crippen LogP contribution is -2.48. The SMILES string of the molecule is COC1(c2ccc(F)c(F)c2)CCNCC1c1ccc(C2=C(CCNC(C)=O)CCC(C)C2)cc1C. The average molecular weight is 497 g/mol. The van der Waals surface area contributed by atoms with Crippen molar-refractivity contribution >= 4 is 11.5 Å². The van der Waals surface area contributed by atoms with Crippen LogP contribution in [0.5, 0.6) is 0 Å². The summed E-state index contributed by atoms with van der Waals surface area (Å²) in [6, 6.07) is 10.8. The third-order valence-electron chi connectivity index (χ3n) is 8.07. The molecule has 0 radical (unpaired) electrons. The molecule has 2 aliphatic rings. The minimum absolute atomic E-state index is 0.00489. The summed E-state index contributed by atoms with van der Waals surface area (Å²) >= 11 is 0. The van der Waals surface area contributed by atoms with Gasteiger partial charge in [0.1, 0.15) is 5.60 Å². The van der Waals surface area contributed by atoms with E-state index in [0.29, 0.717) is 31.0 Å². The van der Waals surface area contributed by atoms with Crippen molar-refractivity contribution in [2.24, 2.45) is 5.92 Å². The molecule has 194 valence electrons. The predicted molar refractivity (Wildman–Crippen MR) is 140 cm³/mol. The van der Waals surface area contributed by atoms with Crippen LogP contribution in [0.25, 0.3) is 5.57 Å². The smallest absolute Gasteiger partial charge is 0.216 e. The number of piperidine rings is 1. The van der Waals surface area contributed by atoms with Crippen LogP contribution in [0.2, 0.25) is 0 Å². The monoisotopic (exact) mass is 496 g/mol. The van der Waals surface area contributed by atoms with Crippen LogP contribution in [-0.4, -0.2) is 32.7 Å². The van der Waals surface area contributed by atoms with Crippen LogP contribution in [0.3, 0.4) is 0 Å². The van der Waals surface area contributed by atoms with Crippen LogP contribution in [0, 0.1) is 24.5 Å². The number of methoxy groups -OCH3 is 1. The molecule has 3 atom stereocenters. The van der Waals surface area contributed by atoms with E-state index < -0.39 is 17.2 Å². The number of amides is 1. The quantitative estimate of drug-likeness (QED) is 0.495. The van der Waals surface area contributed by atoms with Gasteiger partial charge in [-0.3, -0.25) is 4.79 Å². The highest BCUT2D eigenvalue weighted by Crippen LogP contribution is 2.46. The first-order chi connectivity index (χ1) is 17.2. The van der Waals surface area contributed by atoms with E-state index in [1.165, 1.54) is 35.3 Å². The summed E-state index contributed by atoms with van der Waals surface area (Å²) in [6.07, 6.45) is 4.81. The number of carbonyl (C=O) groups is 1. The molecule has 1 saturated heterocycles. The van der Waals surface area contributed by atoms with Gasteiger partial charge in [0, 0.05) is 33.0 Å². The van der Waals surface area contributed by atoms with E-state index in [2.05, 4.69) is 42.7 Å². The van der Waals surface area contributed by atoms with Gasteiger partial charge in [-0.2, -0.15) is 0 Å². The maximum absolute atomic E-state index is 14.2. The Morgan fingerprint density at radius 2 is 2.00 bits per heavy atom. The van der Waals surface area contributed by atoms with Crippen molar-refractivity contribution in [2.75, 3.05) is 26.7 Å². The van der Waals surface area contributed by atoms with Crippen molar-refractivity contribution in [1.82, 2.24) is 10.6 Å². The van der Waals surface area contributed by atoms with E-state index in [-0.39, 0.29) is 11.8 Å². The van der Waals surface area contributed by atoms with E-state index in [9.17, 15) is 13.6 Å². The average Bonchev–Trinajstić information content (AvgIpc) is 2.86. The molecular weight excluding hydrogens is 458 g/mol. The van der Waals surface area contributed by atoms with E-state index in [4.69, 9.17) is 4.74 Å². The Bertz CT molecular complexity index is 1150. The van der Waals surface area contributed by atoms with Gasteiger partial charge in [-0.25, -0.2) is 8.78 Å². The molecule has 1 amide bonds. The van der Waals surface area contributed by atoms with E-state index in [0.717, 1.165) is 36.9 Å². The minimum atomic E-state index is -0.849. The molecule has 0 spiro atoms. The molecular formula is C30H38F2N2O2. The summed E-state index contributed by atoms with van der Waals surface area (Å²) in [5.41, 5.74) is 6.31. The van der Waals surface area contributed by atoms with Gasteiger partial charge >= 0.3 is 0 Å². The zero-order valence-electron chi connectivity index (χ0n) is 21.8. The first kappa shape index (κ1) is 26.5. The maximum Gasteiger partial charge on any atom is 0.216 e. The summed E-state index contributed by atoms with van der Waals surface area (Å²) in [5, 5.41) is 6.41. The van der Waals surface area contributed by atoms with Crippen LogP contribution < -0.4 is 10.6 Å². The number of carbonyl (C=O) groups excluding carboxylic acids is 1. The van der Waals surface area contributed by atoms with Gasteiger partial charge in [0.25, 0.3) is 0 Å². The third-order valence-corrected chi connectivity index (χ3v) is 8.07. The molecule has 0 bridgehead atoms. The molecule has 4 nitrogen and oxygen atoms in total. The van der Waals surface area contributed by atoms with E-state index >= 15 is 0 Å². The van der Waals surface area contributed by atoms with Crippen molar-refractivity contribution in [3.05, 3.63) is 75.9 Å². The zero-order chi connectivity index (χ0) is 25.9. The van der Waals surface area contributed by atoms with Gasteiger partial charge < -0.3 is 15.4 Å². The molecule has 36 heavy (non-hydrogen) atoms. The largest absolute Gasteiger partial charge is 0.373 e. The second kappa shape index (κ2) is 11.2. The number of ether oxygens (including phenoxy) is 1. The van der Waals surface area contributed by atoms with Gasteiger partial charge in [-0.15, -0.1) is 0 Å². The van der Waals surface area contributed by atoms with Crippen LogP contribution in [0.4, 0.5) is 8.78 Å². The van der Waals surface area contributed by atoms with Crippen LogP contribution in [-0.2, 0) is 15.1 Å². The number of rotatable bonds is 7. The number of halogens is 2. The lowest BCUT2D eigenvalue weighted by molar-refractivity contribution is -0.118. The van der Waals surface area contributed by atoms with Crippen LogP contribution in [0.1, 0.15) is 74.1 Å². The van der Waals surface area contributed by atoms with E-state index in [1.54, 1.807) is 20.1 Å². The molecule has 2 aromatic carbocycles. The number of nitrogens with one attached hydrogen (secondary N) is 2. The molecule has 1 aliphatic heterocycles. The molecule has 6 heteroatoms. The standard InChI is InChI=1S/C30H38F2N2O2/c1-19-5-6-22(11-13-34-21(3)35)26(15-19)23-7-9-25(20(2)16-23)27-18-33-14-12-30(27,36-4)24-8-10-28(31)29(32)17-24/h7-10,16-17,19,27,33H,5-6,11-15,18H2,1-4H3,(H,34,35). The van der Waals surface area contributed by atoms with Crippen molar-refractivity contribution in [1.29, 1.82) is 0 Å². The summed E-state index contributed by atoms with van der Waals surface area (Å²) in [5.74, 6) is -1.11. The molecule has 1 fully saturated rings. The maximum atomic E-state index is 14.2. The summed E-state index contributed by atoms with van der Waals surface area (Å²) < 4.78 is 34.1. The van der Waals surface area contributed by atoms with Gasteiger partial charge in [0.15, 0.2) is 11.6 Å². The van der Waals surface area contributed by atoms with Crippen molar-refractivity contribution in [3.8, 4) is 0 Å². The first-order valence-corrected chi connectivity index (χ1v) is 13.0. The number of allylic oxidation sites excluding steroid dienone is 1. The molecule has 0 saturated carbocycles. The molecule has 4 rings (SSSR count). The number of benzene rings is 2. The van der Waals surface area contributed by atoms with Crippen LogP contribution in [0.15, 0.2) is 42.0 Å². The van der Waals surface area contributed by atoms with Crippen molar-refractivity contribution in [3.63, 3.8) is 0 Å². The molecule has 1 heterocycles. The zero-order valence-corrected chi connectivity index (χ0v) is 21.8. The Morgan fingerprint density at radius 1 is 1.19 bits per heavy atom. The Morgan fingerprint density at radius 3 is 2.69 bits per heavy atom. The fourth-order valence-electron chi connectivity index (χ4n) is 6.10. The first-order valence-electron chi connectivity index (χ1n) is 13.0. The molecule has 2 N–H and O–H groups in total. The second-order valence-electron chi connectivity index (χ2n) is 10.5. The van der Waals surface area contributed by atoms with Gasteiger partial charge in [-0.05, 0) is 91.5 Å². The predicted octanol–water partition coefficient (Wildman–Crippen LogP) is 5.99. The van der Waals surface area contributed by atoms with Gasteiger partial charge in [-0.1, -0.05) is 36.8 Å². The molecule has 0 aromatic heterocycles. The minimum Gasteiger partial charge on any atom is -0.373 e. The molecule has 1 aliphatic carbocycles. The lowest BCUT2D eigenvalue weighted by atomic mass is 9.71. The van der Waals surface area contributed by atoms with Gasteiger partial charge in [0.05, 0.1) is 0 Å². The van der Waals surface area contributed by atoms with Crippen LogP contribution >= 0.6 is 0 Å². The highest BCUT2D eigenvalue weighted by Gasteiger charge is 2.44. The lowest BCUT2D eigenvalue weighted by Gasteiger charge is -2.44. The second-order valence-corrected chi connectivity index (χ2v) is 10.5. The van der Waals surface area contributed by atoms with Crippen molar-refractivity contribution < 1.29 is 18.3 Å². The fraction of sp³-hybridized carbons (Fsp3) is 0.500. The Balaban J connectivity index is 1.70. The summed E-state index contributed by atoms with van der Waals surface area (Å²) in [7, 11) is 1.67. The number of aryl methyl sites for hydroxylation is 1. The number of hydrogen-bond acceptors (Lipinski definition) is 3.